The first-order valence-electron chi connectivity index (χ1n) is 7.90. The molecule has 0 radical (unpaired) electrons. The largest absolute Gasteiger partial charge is 0.308 e. The molecule has 2 nitrogen and oxygen atoms in total. The molecule has 1 saturated heterocycles. The molecule has 110 valence electrons. The van der Waals surface area contributed by atoms with Crippen LogP contribution in [-0.2, 0) is 6.54 Å². The van der Waals surface area contributed by atoms with Gasteiger partial charge in [0.2, 0.25) is 0 Å². The molecule has 1 spiro atoms. The molecular weight excluding hydrogens is 312 g/mol. The number of nitrogens with one attached hydrogen (secondary N) is 1. The van der Waals surface area contributed by atoms with Crippen molar-refractivity contribution in [3.63, 3.8) is 0 Å². The van der Waals surface area contributed by atoms with Crippen LogP contribution in [0.1, 0.15) is 44.6 Å². The average molecular weight is 337 g/mol. The monoisotopic (exact) mass is 336 g/mol. The molecule has 1 unspecified atom stereocenters. The second kappa shape index (κ2) is 6.17. The third kappa shape index (κ3) is 3.26. The summed E-state index contributed by atoms with van der Waals surface area (Å²) in [6.07, 6.45) is 6.93. The van der Waals surface area contributed by atoms with Crippen LogP contribution < -0.4 is 5.32 Å². The van der Waals surface area contributed by atoms with Gasteiger partial charge < -0.3 is 5.32 Å². The molecule has 3 rings (SSSR count). The van der Waals surface area contributed by atoms with E-state index < -0.39 is 0 Å². The number of nitrogens with zero attached hydrogens (tertiary/aromatic N) is 1. The zero-order chi connectivity index (χ0) is 14.0. The summed E-state index contributed by atoms with van der Waals surface area (Å²) in [5.41, 5.74) is 1.83. The molecule has 0 amide bonds. The van der Waals surface area contributed by atoms with Crippen LogP contribution >= 0.6 is 15.9 Å². The Morgan fingerprint density at radius 3 is 2.60 bits per heavy atom. The first kappa shape index (κ1) is 14.6. The van der Waals surface area contributed by atoms with Gasteiger partial charge in [-0.3, -0.25) is 4.90 Å². The second-order valence-electron chi connectivity index (χ2n) is 6.60. The lowest BCUT2D eigenvalue weighted by molar-refractivity contribution is 0.0573. The molecule has 1 N–H and O–H groups in total. The van der Waals surface area contributed by atoms with Crippen molar-refractivity contribution in [2.75, 3.05) is 13.1 Å². The Labute approximate surface area is 131 Å². The molecule has 2 fully saturated rings. The molecule has 1 aliphatic carbocycles. The SMILES string of the molecule is CC1CNC2(CCCCC2)CN1Cc1ccc(Br)cc1. The zero-order valence-electron chi connectivity index (χ0n) is 12.4. The zero-order valence-corrected chi connectivity index (χ0v) is 14.0. The molecule has 20 heavy (non-hydrogen) atoms. The molecule has 1 aromatic carbocycles. The van der Waals surface area contributed by atoms with Gasteiger partial charge in [0.25, 0.3) is 0 Å². The van der Waals surface area contributed by atoms with E-state index in [-0.39, 0.29) is 0 Å². The van der Waals surface area contributed by atoms with Crippen molar-refractivity contribution < 1.29 is 0 Å². The Morgan fingerprint density at radius 2 is 1.90 bits per heavy atom. The normalized spacial score (nSPS) is 26.8. The fraction of sp³-hybridized carbons (Fsp3) is 0.647. The standard InChI is InChI=1S/C17H25BrN2/c1-14-11-19-17(9-3-2-4-10-17)13-20(14)12-15-5-7-16(18)8-6-15/h5-8,14,19H,2-4,9-13H2,1H3. The summed E-state index contributed by atoms with van der Waals surface area (Å²) >= 11 is 3.52. The van der Waals surface area contributed by atoms with E-state index in [1.165, 1.54) is 48.7 Å². The van der Waals surface area contributed by atoms with Gasteiger partial charge in [0, 0.05) is 35.7 Å². The van der Waals surface area contributed by atoms with E-state index in [0.29, 0.717) is 11.6 Å². The lowest BCUT2D eigenvalue weighted by Gasteiger charge is -2.49. The summed E-state index contributed by atoms with van der Waals surface area (Å²) in [6, 6.07) is 9.42. The Morgan fingerprint density at radius 1 is 1.20 bits per heavy atom. The highest BCUT2D eigenvalue weighted by atomic mass is 79.9. The summed E-state index contributed by atoms with van der Waals surface area (Å²) in [4.78, 5) is 2.67. The molecule has 3 heteroatoms. The van der Waals surface area contributed by atoms with Crippen molar-refractivity contribution in [1.29, 1.82) is 0 Å². The molecule has 1 aromatic rings. The Kier molecular flexibility index (Phi) is 4.49. The van der Waals surface area contributed by atoms with Gasteiger partial charge in [0.15, 0.2) is 0 Å². The minimum absolute atomic E-state index is 0.403. The first-order valence-corrected chi connectivity index (χ1v) is 8.70. The summed E-state index contributed by atoms with van der Waals surface area (Å²) < 4.78 is 1.17. The summed E-state index contributed by atoms with van der Waals surface area (Å²) in [5.74, 6) is 0. The van der Waals surface area contributed by atoms with Gasteiger partial charge in [0.1, 0.15) is 0 Å². The third-order valence-corrected chi connectivity index (χ3v) is 5.54. The van der Waals surface area contributed by atoms with E-state index in [1.807, 2.05) is 0 Å². The number of halogens is 1. The topological polar surface area (TPSA) is 15.3 Å². The molecular formula is C17H25BrN2. The van der Waals surface area contributed by atoms with E-state index in [9.17, 15) is 0 Å². The molecule has 1 heterocycles. The minimum atomic E-state index is 0.403. The molecule has 1 aliphatic heterocycles. The smallest absolute Gasteiger partial charge is 0.0309 e. The maximum Gasteiger partial charge on any atom is 0.0309 e. The van der Waals surface area contributed by atoms with Gasteiger partial charge in [-0.15, -0.1) is 0 Å². The molecule has 2 aliphatic rings. The predicted molar refractivity (Wildman–Crippen MR) is 87.8 cm³/mol. The quantitative estimate of drug-likeness (QED) is 0.879. The van der Waals surface area contributed by atoms with Crippen LogP contribution in [-0.4, -0.2) is 29.6 Å². The van der Waals surface area contributed by atoms with Crippen LogP contribution in [0, 0.1) is 0 Å². The van der Waals surface area contributed by atoms with Crippen molar-refractivity contribution >= 4 is 15.9 Å². The van der Waals surface area contributed by atoms with Crippen LogP contribution in [0.5, 0.6) is 0 Å². The molecule has 0 aromatic heterocycles. The van der Waals surface area contributed by atoms with E-state index in [0.717, 1.165) is 13.1 Å². The van der Waals surface area contributed by atoms with Crippen LogP contribution in [0.2, 0.25) is 0 Å². The first-order chi connectivity index (χ1) is 9.67. The Balaban J connectivity index is 1.69. The van der Waals surface area contributed by atoms with E-state index in [4.69, 9.17) is 0 Å². The van der Waals surface area contributed by atoms with Crippen LogP contribution in [0.3, 0.4) is 0 Å². The second-order valence-corrected chi connectivity index (χ2v) is 7.52. The van der Waals surface area contributed by atoms with Crippen LogP contribution in [0.4, 0.5) is 0 Å². The van der Waals surface area contributed by atoms with Gasteiger partial charge in [-0.05, 0) is 37.5 Å². The van der Waals surface area contributed by atoms with Gasteiger partial charge in [-0.2, -0.15) is 0 Å². The lowest BCUT2D eigenvalue weighted by Crippen LogP contribution is -2.63. The maximum absolute atomic E-state index is 3.86. The Hall–Kier alpha value is -0.380. The molecule has 1 saturated carbocycles. The lowest BCUT2D eigenvalue weighted by atomic mass is 9.79. The highest BCUT2D eigenvalue weighted by molar-refractivity contribution is 9.10. The Bertz CT molecular complexity index is 437. The summed E-state index contributed by atoms with van der Waals surface area (Å²) in [5, 5.41) is 3.86. The van der Waals surface area contributed by atoms with Crippen molar-refractivity contribution in [2.24, 2.45) is 0 Å². The van der Waals surface area contributed by atoms with Gasteiger partial charge in [0.05, 0.1) is 0 Å². The number of hydrogen-bond acceptors (Lipinski definition) is 2. The average Bonchev–Trinajstić information content (AvgIpc) is 2.47. The highest BCUT2D eigenvalue weighted by Crippen LogP contribution is 2.32. The van der Waals surface area contributed by atoms with Crippen molar-refractivity contribution in [2.45, 2.75) is 57.2 Å². The number of rotatable bonds is 2. The molecule has 0 bridgehead atoms. The van der Waals surface area contributed by atoms with Gasteiger partial charge >= 0.3 is 0 Å². The number of piperazine rings is 1. The van der Waals surface area contributed by atoms with Gasteiger partial charge in [-0.1, -0.05) is 47.3 Å². The minimum Gasteiger partial charge on any atom is -0.308 e. The fourth-order valence-electron chi connectivity index (χ4n) is 3.69. The highest BCUT2D eigenvalue weighted by Gasteiger charge is 2.38. The van der Waals surface area contributed by atoms with Crippen LogP contribution in [0.15, 0.2) is 28.7 Å². The van der Waals surface area contributed by atoms with Crippen molar-refractivity contribution in [3.8, 4) is 0 Å². The van der Waals surface area contributed by atoms with Gasteiger partial charge in [-0.25, -0.2) is 0 Å². The van der Waals surface area contributed by atoms with Crippen molar-refractivity contribution in [1.82, 2.24) is 10.2 Å². The maximum atomic E-state index is 3.86. The number of hydrogen-bond donors (Lipinski definition) is 1. The fourth-order valence-corrected chi connectivity index (χ4v) is 3.96. The summed E-state index contributed by atoms with van der Waals surface area (Å²) in [7, 11) is 0. The van der Waals surface area contributed by atoms with Crippen molar-refractivity contribution in [3.05, 3.63) is 34.3 Å². The van der Waals surface area contributed by atoms with Crippen LogP contribution in [0.25, 0.3) is 0 Å². The predicted octanol–water partition coefficient (Wildman–Crippen LogP) is 3.95. The third-order valence-electron chi connectivity index (χ3n) is 5.01. The van der Waals surface area contributed by atoms with E-state index >= 15 is 0 Å². The number of benzene rings is 1. The van der Waals surface area contributed by atoms with E-state index in [2.05, 4.69) is 57.3 Å². The molecule has 1 atom stereocenters. The van der Waals surface area contributed by atoms with E-state index in [1.54, 1.807) is 0 Å². The summed E-state index contributed by atoms with van der Waals surface area (Å²) in [6.45, 7) is 5.78.